The average Bonchev–Trinajstić information content (AvgIpc) is 2.44. The maximum atomic E-state index is 11.6. The molecule has 0 bridgehead atoms. The largest absolute Gasteiger partial charge is 0.482 e. The highest BCUT2D eigenvalue weighted by Gasteiger charge is 2.03. The summed E-state index contributed by atoms with van der Waals surface area (Å²) in [6, 6.07) is 11.5. The lowest BCUT2D eigenvalue weighted by Crippen LogP contribution is -2.28. The Labute approximate surface area is 119 Å². The molecule has 2 rings (SSSR count). The summed E-state index contributed by atoms with van der Waals surface area (Å²) < 4.78 is 6.15. The second kappa shape index (κ2) is 6.89. The van der Waals surface area contributed by atoms with Crippen molar-refractivity contribution in [2.75, 3.05) is 6.61 Å². The van der Waals surface area contributed by atoms with Gasteiger partial charge in [0.15, 0.2) is 6.61 Å². The summed E-state index contributed by atoms with van der Waals surface area (Å²) in [7, 11) is 0. The summed E-state index contributed by atoms with van der Waals surface area (Å²) in [5, 5.41) is 2.79. The summed E-state index contributed by atoms with van der Waals surface area (Å²) in [5.74, 6) is 0.396. The summed E-state index contributed by atoms with van der Waals surface area (Å²) in [5.41, 5.74) is 1.06. The zero-order valence-corrected chi connectivity index (χ0v) is 11.8. The van der Waals surface area contributed by atoms with Crippen molar-refractivity contribution in [3.05, 3.63) is 58.8 Å². The van der Waals surface area contributed by atoms with E-state index >= 15 is 0 Å². The van der Waals surface area contributed by atoms with Crippen LogP contribution in [0.3, 0.4) is 0 Å². The first-order chi connectivity index (χ1) is 9.24. The second-order valence-corrected chi connectivity index (χ2v) is 4.81. The Morgan fingerprint density at radius 2 is 2.05 bits per heavy atom. The van der Waals surface area contributed by atoms with Gasteiger partial charge in [0, 0.05) is 17.2 Å². The fraction of sp³-hybridized carbons (Fsp3) is 0.143. The molecule has 2 aromatic rings. The van der Waals surface area contributed by atoms with Crippen molar-refractivity contribution >= 4 is 21.8 Å². The number of hydrogen-bond donors (Lipinski definition) is 1. The molecule has 1 N–H and O–H groups in total. The van der Waals surface area contributed by atoms with E-state index in [0.29, 0.717) is 12.3 Å². The molecular formula is C14H13BrN2O2. The first-order valence-corrected chi connectivity index (χ1v) is 6.57. The van der Waals surface area contributed by atoms with Gasteiger partial charge in [-0.2, -0.15) is 0 Å². The minimum atomic E-state index is -0.163. The van der Waals surface area contributed by atoms with E-state index in [2.05, 4.69) is 26.2 Å². The minimum Gasteiger partial charge on any atom is -0.482 e. The molecule has 0 saturated carbocycles. The lowest BCUT2D eigenvalue weighted by atomic mass is 10.2. The zero-order valence-electron chi connectivity index (χ0n) is 10.2. The highest BCUT2D eigenvalue weighted by atomic mass is 79.9. The van der Waals surface area contributed by atoms with E-state index in [1.807, 2.05) is 30.3 Å². The molecule has 0 fully saturated rings. The van der Waals surface area contributed by atoms with Gasteiger partial charge in [-0.15, -0.1) is 0 Å². The molecule has 98 valence electrons. The van der Waals surface area contributed by atoms with E-state index in [4.69, 9.17) is 4.74 Å². The number of carbonyl (C=O) groups excluding carboxylic acids is 1. The molecule has 0 atom stereocenters. The van der Waals surface area contributed by atoms with E-state index in [9.17, 15) is 4.79 Å². The number of hydrogen-bond acceptors (Lipinski definition) is 3. The quantitative estimate of drug-likeness (QED) is 0.921. The first kappa shape index (κ1) is 13.5. The SMILES string of the molecule is O=C(COc1cncc(Br)c1)NCc1ccccc1. The Morgan fingerprint density at radius 3 is 2.79 bits per heavy atom. The molecule has 0 aliphatic heterocycles. The number of aromatic nitrogens is 1. The molecule has 1 heterocycles. The van der Waals surface area contributed by atoms with Crippen molar-refractivity contribution in [1.82, 2.24) is 10.3 Å². The summed E-state index contributed by atoms with van der Waals surface area (Å²) >= 11 is 3.29. The first-order valence-electron chi connectivity index (χ1n) is 5.78. The predicted molar refractivity (Wildman–Crippen MR) is 75.7 cm³/mol. The monoisotopic (exact) mass is 320 g/mol. The van der Waals surface area contributed by atoms with E-state index < -0.39 is 0 Å². The van der Waals surface area contributed by atoms with Crippen LogP contribution in [0, 0.1) is 0 Å². The minimum absolute atomic E-state index is 0.0229. The second-order valence-electron chi connectivity index (χ2n) is 3.89. The Kier molecular flexibility index (Phi) is 4.92. The van der Waals surface area contributed by atoms with Gasteiger partial charge >= 0.3 is 0 Å². The standard InChI is InChI=1S/C14H13BrN2O2/c15-12-6-13(9-16-8-12)19-10-14(18)17-7-11-4-2-1-3-5-11/h1-6,8-9H,7,10H2,(H,17,18). The van der Waals surface area contributed by atoms with Gasteiger partial charge in [0.05, 0.1) is 6.20 Å². The molecule has 0 aliphatic carbocycles. The number of benzene rings is 1. The van der Waals surface area contributed by atoms with Gasteiger partial charge in [-0.1, -0.05) is 30.3 Å². The van der Waals surface area contributed by atoms with Gasteiger partial charge in [0.25, 0.3) is 5.91 Å². The van der Waals surface area contributed by atoms with Crippen molar-refractivity contribution < 1.29 is 9.53 Å². The summed E-state index contributed by atoms with van der Waals surface area (Å²) in [4.78, 5) is 15.6. The van der Waals surface area contributed by atoms with Gasteiger partial charge in [0.2, 0.25) is 0 Å². The Balaban J connectivity index is 1.76. The molecule has 0 radical (unpaired) electrons. The molecule has 0 spiro atoms. The highest BCUT2D eigenvalue weighted by molar-refractivity contribution is 9.10. The number of nitrogens with zero attached hydrogens (tertiary/aromatic N) is 1. The van der Waals surface area contributed by atoms with Crippen LogP contribution in [-0.2, 0) is 11.3 Å². The lowest BCUT2D eigenvalue weighted by Gasteiger charge is -2.07. The van der Waals surface area contributed by atoms with Crippen molar-refractivity contribution in [2.24, 2.45) is 0 Å². The molecule has 0 unspecified atom stereocenters. The Bertz CT molecular complexity index is 546. The topological polar surface area (TPSA) is 51.2 Å². The fourth-order valence-electron chi connectivity index (χ4n) is 1.47. The van der Waals surface area contributed by atoms with E-state index in [1.165, 1.54) is 0 Å². The molecule has 0 saturated heterocycles. The number of rotatable bonds is 5. The summed E-state index contributed by atoms with van der Waals surface area (Å²) in [6.45, 7) is 0.477. The number of amides is 1. The zero-order chi connectivity index (χ0) is 13.5. The normalized spacial score (nSPS) is 9.95. The number of carbonyl (C=O) groups is 1. The molecular weight excluding hydrogens is 308 g/mol. The van der Waals surface area contributed by atoms with Crippen LogP contribution in [0.2, 0.25) is 0 Å². The van der Waals surface area contributed by atoms with E-state index in [-0.39, 0.29) is 12.5 Å². The number of pyridine rings is 1. The molecule has 1 aromatic carbocycles. The number of ether oxygens (including phenoxy) is 1. The Hall–Kier alpha value is -1.88. The molecule has 5 heteroatoms. The van der Waals surface area contributed by atoms with Crippen LogP contribution in [0.25, 0.3) is 0 Å². The fourth-order valence-corrected chi connectivity index (χ4v) is 1.81. The van der Waals surface area contributed by atoms with Gasteiger partial charge in [0.1, 0.15) is 5.75 Å². The van der Waals surface area contributed by atoms with Gasteiger partial charge in [-0.3, -0.25) is 9.78 Å². The van der Waals surface area contributed by atoms with Crippen LogP contribution in [0.5, 0.6) is 5.75 Å². The van der Waals surface area contributed by atoms with Crippen molar-refractivity contribution in [1.29, 1.82) is 0 Å². The van der Waals surface area contributed by atoms with Crippen molar-refractivity contribution in [3.8, 4) is 5.75 Å². The average molecular weight is 321 g/mol. The van der Waals surface area contributed by atoms with E-state index in [1.54, 1.807) is 18.5 Å². The van der Waals surface area contributed by atoms with Crippen molar-refractivity contribution in [3.63, 3.8) is 0 Å². The third kappa shape index (κ3) is 4.71. The van der Waals surface area contributed by atoms with Crippen LogP contribution in [0.4, 0.5) is 0 Å². The summed E-state index contributed by atoms with van der Waals surface area (Å²) in [6.07, 6.45) is 3.22. The molecule has 4 nitrogen and oxygen atoms in total. The highest BCUT2D eigenvalue weighted by Crippen LogP contribution is 2.15. The smallest absolute Gasteiger partial charge is 0.258 e. The van der Waals surface area contributed by atoms with Crippen LogP contribution in [-0.4, -0.2) is 17.5 Å². The molecule has 0 aliphatic rings. The lowest BCUT2D eigenvalue weighted by molar-refractivity contribution is -0.123. The van der Waals surface area contributed by atoms with Gasteiger partial charge < -0.3 is 10.1 Å². The Morgan fingerprint density at radius 1 is 1.26 bits per heavy atom. The number of halogens is 1. The molecule has 1 amide bonds. The molecule has 19 heavy (non-hydrogen) atoms. The van der Waals surface area contributed by atoms with Gasteiger partial charge in [-0.25, -0.2) is 0 Å². The third-order valence-electron chi connectivity index (χ3n) is 2.38. The van der Waals surface area contributed by atoms with Crippen LogP contribution in [0.1, 0.15) is 5.56 Å². The predicted octanol–water partition coefficient (Wildman–Crippen LogP) is 2.54. The maximum absolute atomic E-state index is 11.6. The number of nitrogens with one attached hydrogen (secondary N) is 1. The van der Waals surface area contributed by atoms with Crippen molar-refractivity contribution in [2.45, 2.75) is 6.54 Å². The molecule has 1 aromatic heterocycles. The maximum Gasteiger partial charge on any atom is 0.258 e. The van der Waals surface area contributed by atoms with Crippen LogP contribution < -0.4 is 10.1 Å². The van der Waals surface area contributed by atoms with Crippen LogP contribution in [0.15, 0.2) is 53.3 Å². The van der Waals surface area contributed by atoms with E-state index in [0.717, 1.165) is 10.0 Å². The third-order valence-corrected chi connectivity index (χ3v) is 2.82. The van der Waals surface area contributed by atoms with Gasteiger partial charge in [-0.05, 0) is 27.6 Å². The van der Waals surface area contributed by atoms with Crippen LogP contribution >= 0.6 is 15.9 Å².